The maximum absolute atomic E-state index is 4.73. The van der Waals surface area contributed by atoms with Gasteiger partial charge in [0.25, 0.3) is 0 Å². The standard InChI is InChI=1S/C20H27BrN8/c1-27(2)17-8-7-15(13-16(17)21)14-22-26-18-23-19(28-9-3-4-10-28)25-20(24-18)29-11-5-6-12-29/h7-8,13-14H,3-6,9-12H2,1-2H3,(H,23,24,25,26). The predicted octanol–water partition coefficient (Wildman–Crippen LogP) is 3.35. The third kappa shape index (κ3) is 4.77. The van der Waals surface area contributed by atoms with Gasteiger partial charge < -0.3 is 14.7 Å². The maximum atomic E-state index is 4.73. The minimum Gasteiger partial charge on any atom is -0.377 e. The number of hydrazone groups is 1. The normalized spacial score (nSPS) is 16.8. The molecule has 9 heteroatoms. The number of nitrogens with one attached hydrogen (secondary N) is 1. The van der Waals surface area contributed by atoms with Gasteiger partial charge in [-0.25, -0.2) is 5.43 Å². The Bertz CT molecular complexity index is 839. The first-order chi connectivity index (χ1) is 14.1. The minimum absolute atomic E-state index is 0.490. The first kappa shape index (κ1) is 19.9. The molecule has 0 bridgehead atoms. The van der Waals surface area contributed by atoms with E-state index < -0.39 is 0 Å². The monoisotopic (exact) mass is 458 g/mol. The quantitative estimate of drug-likeness (QED) is 0.525. The number of halogens is 1. The molecular formula is C20H27BrN8. The number of nitrogens with zero attached hydrogens (tertiary/aromatic N) is 7. The van der Waals surface area contributed by atoms with Crippen LogP contribution in [0.5, 0.6) is 0 Å². The lowest BCUT2D eigenvalue weighted by atomic mass is 10.2. The summed E-state index contributed by atoms with van der Waals surface area (Å²) in [7, 11) is 4.04. The molecule has 1 aromatic carbocycles. The highest BCUT2D eigenvalue weighted by atomic mass is 79.9. The number of rotatable bonds is 6. The average molecular weight is 459 g/mol. The fourth-order valence-electron chi connectivity index (χ4n) is 3.65. The van der Waals surface area contributed by atoms with Crippen molar-refractivity contribution < 1.29 is 0 Å². The summed E-state index contributed by atoms with van der Waals surface area (Å²) in [6.07, 6.45) is 6.51. The molecule has 154 valence electrons. The van der Waals surface area contributed by atoms with Gasteiger partial charge in [-0.15, -0.1) is 0 Å². The zero-order valence-corrected chi connectivity index (χ0v) is 18.6. The van der Waals surface area contributed by atoms with E-state index in [9.17, 15) is 0 Å². The Hall–Kier alpha value is -2.42. The smallest absolute Gasteiger partial charge is 0.250 e. The van der Waals surface area contributed by atoms with E-state index in [0.29, 0.717) is 5.95 Å². The summed E-state index contributed by atoms with van der Waals surface area (Å²) >= 11 is 3.61. The van der Waals surface area contributed by atoms with Crippen molar-refractivity contribution >= 4 is 45.7 Å². The van der Waals surface area contributed by atoms with Crippen LogP contribution in [0, 0.1) is 0 Å². The van der Waals surface area contributed by atoms with Crippen molar-refractivity contribution in [1.82, 2.24) is 15.0 Å². The topological polar surface area (TPSA) is 72.8 Å². The third-order valence-corrected chi connectivity index (χ3v) is 5.86. The summed E-state index contributed by atoms with van der Waals surface area (Å²) in [5.74, 6) is 1.98. The highest BCUT2D eigenvalue weighted by Crippen LogP contribution is 2.25. The molecule has 0 amide bonds. The largest absolute Gasteiger partial charge is 0.377 e. The van der Waals surface area contributed by atoms with Crippen LogP contribution in [0.1, 0.15) is 31.2 Å². The third-order valence-electron chi connectivity index (χ3n) is 5.22. The van der Waals surface area contributed by atoms with E-state index in [0.717, 1.165) is 53.8 Å². The molecular weight excluding hydrogens is 432 g/mol. The van der Waals surface area contributed by atoms with Crippen molar-refractivity contribution in [3.05, 3.63) is 28.2 Å². The number of hydrogen-bond donors (Lipinski definition) is 1. The fourth-order valence-corrected chi connectivity index (χ4v) is 4.40. The van der Waals surface area contributed by atoms with Crippen molar-refractivity contribution in [1.29, 1.82) is 0 Å². The van der Waals surface area contributed by atoms with Gasteiger partial charge in [-0.3, -0.25) is 0 Å². The first-order valence-corrected chi connectivity index (χ1v) is 10.9. The van der Waals surface area contributed by atoms with Crippen molar-refractivity contribution in [2.45, 2.75) is 25.7 Å². The Labute approximate surface area is 180 Å². The fraction of sp³-hybridized carbons (Fsp3) is 0.500. The van der Waals surface area contributed by atoms with Crippen molar-refractivity contribution in [2.24, 2.45) is 5.10 Å². The van der Waals surface area contributed by atoms with E-state index in [1.807, 2.05) is 26.2 Å². The molecule has 2 aliphatic rings. The van der Waals surface area contributed by atoms with Gasteiger partial charge in [-0.2, -0.15) is 20.1 Å². The lowest BCUT2D eigenvalue weighted by molar-refractivity contribution is 0.838. The molecule has 0 spiro atoms. The number of anilines is 4. The molecule has 1 N–H and O–H groups in total. The molecule has 2 fully saturated rings. The van der Waals surface area contributed by atoms with E-state index in [-0.39, 0.29) is 0 Å². The van der Waals surface area contributed by atoms with Crippen LogP contribution in [0.15, 0.2) is 27.8 Å². The summed E-state index contributed by atoms with van der Waals surface area (Å²) < 4.78 is 1.03. The van der Waals surface area contributed by atoms with Crippen LogP contribution in [0.4, 0.5) is 23.5 Å². The molecule has 8 nitrogen and oxygen atoms in total. The van der Waals surface area contributed by atoms with Crippen molar-refractivity contribution in [3.63, 3.8) is 0 Å². The Morgan fingerprint density at radius 1 is 0.966 bits per heavy atom. The number of hydrogen-bond acceptors (Lipinski definition) is 8. The van der Waals surface area contributed by atoms with Gasteiger partial charge in [0.15, 0.2) is 0 Å². The van der Waals surface area contributed by atoms with Crippen LogP contribution >= 0.6 is 15.9 Å². The van der Waals surface area contributed by atoms with Gasteiger partial charge >= 0.3 is 0 Å². The van der Waals surface area contributed by atoms with Gasteiger partial charge in [-0.05, 0) is 59.3 Å². The lowest BCUT2D eigenvalue weighted by Gasteiger charge is -2.20. The summed E-state index contributed by atoms with van der Waals surface area (Å²) in [6.45, 7) is 3.99. The molecule has 1 aromatic heterocycles. The minimum atomic E-state index is 0.490. The average Bonchev–Trinajstić information content (AvgIpc) is 3.42. The molecule has 29 heavy (non-hydrogen) atoms. The zero-order valence-electron chi connectivity index (χ0n) is 17.0. The maximum Gasteiger partial charge on any atom is 0.250 e. The van der Waals surface area contributed by atoms with Gasteiger partial charge in [0.1, 0.15) is 0 Å². The van der Waals surface area contributed by atoms with Crippen LogP contribution in [-0.2, 0) is 0 Å². The van der Waals surface area contributed by atoms with Gasteiger partial charge in [0.05, 0.1) is 11.9 Å². The molecule has 4 rings (SSSR count). The molecule has 2 saturated heterocycles. The summed E-state index contributed by atoms with van der Waals surface area (Å²) in [5, 5.41) is 4.36. The predicted molar refractivity (Wildman–Crippen MR) is 122 cm³/mol. The molecule has 0 unspecified atom stereocenters. The Morgan fingerprint density at radius 2 is 1.55 bits per heavy atom. The molecule has 3 heterocycles. The van der Waals surface area contributed by atoms with E-state index in [4.69, 9.17) is 4.98 Å². The van der Waals surface area contributed by atoms with E-state index in [2.05, 4.69) is 57.2 Å². The van der Waals surface area contributed by atoms with Crippen LogP contribution in [0.3, 0.4) is 0 Å². The SMILES string of the molecule is CN(C)c1ccc(C=NNc2nc(N3CCCC3)nc(N3CCCC3)n2)cc1Br. The first-order valence-electron chi connectivity index (χ1n) is 10.1. The summed E-state index contributed by atoms with van der Waals surface area (Å²) in [4.78, 5) is 20.5. The van der Waals surface area contributed by atoms with Gasteiger partial charge in [0.2, 0.25) is 17.8 Å². The van der Waals surface area contributed by atoms with Gasteiger partial charge in [0, 0.05) is 44.7 Å². The van der Waals surface area contributed by atoms with Crippen LogP contribution < -0.4 is 20.1 Å². The molecule has 2 aliphatic heterocycles. The Morgan fingerprint density at radius 3 is 2.07 bits per heavy atom. The van der Waals surface area contributed by atoms with Crippen LogP contribution in [0.25, 0.3) is 0 Å². The summed E-state index contributed by atoms with van der Waals surface area (Å²) in [6, 6.07) is 6.13. The second-order valence-corrected chi connectivity index (χ2v) is 8.48. The van der Waals surface area contributed by atoms with E-state index in [1.54, 1.807) is 6.21 Å². The second kappa shape index (κ2) is 8.94. The molecule has 0 radical (unpaired) electrons. The van der Waals surface area contributed by atoms with Gasteiger partial charge in [-0.1, -0.05) is 6.07 Å². The summed E-state index contributed by atoms with van der Waals surface area (Å²) in [5.41, 5.74) is 5.12. The van der Waals surface area contributed by atoms with Crippen LogP contribution in [0.2, 0.25) is 0 Å². The lowest BCUT2D eigenvalue weighted by Crippen LogP contribution is -2.25. The highest BCUT2D eigenvalue weighted by molar-refractivity contribution is 9.10. The van der Waals surface area contributed by atoms with E-state index >= 15 is 0 Å². The number of benzene rings is 1. The highest BCUT2D eigenvalue weighted by Gasteiger charge is 2.21. The van der Waals surface area contributed by atoms with E-state index in [1.165, 1.54) is 25.7 Å². The van der Waals surface area contributed by atoms with Crippen molar-refractivity contribution in [2.75, 3.05) is 60.4 Å². The van der Waals surface area contributed by atoms with Crippen LogP contribution in [-0.4, -0.2) is 61.4 Å². The molecule has 0 saturated carbocycles. The van der Waals surface area contributed by atoms with Crippen molar-refractivity contribution in [3.8, 4) is 0 Å². The zero-order chi connectivity index (χ0) is 20.2. The number of aromatic nitrogens is 3. The Balaban J connectivity index is 1.52. The molecule has 0 aliphatic carbocycles. The molecule has 2 aromatic rings. The second-order valence-electron chi connectivity index (χ2n) is 7.62. The Kier molecular flexibility index (Phi) is 6.13. The molecule has 0 atom stereocenters.